The van der Waals surface area contributed by atoms with E-state index in [0.717, 1.165) is 25.7 Å². The van der Waals surface area contributed by atoms with Crippen molar-refractivity contribution in [1.29, 1.82) is 0 Å². The summed E-state index contributed by atoms with van der Waals surface area (Å²) in [7, 11) is 0. The van der Waals surface area contributed by atoms with Gasteiger partial charge in [-0.3, -0.25) is 4.79 Å². The number of rotatable bonds is 3. The Balaban J connectivity index is 2.35. The van der Waals surface area contributed by atoms with Crippen LogP contribution in [0.2, 0.25) is 0 Å². The molecule has 1 saturated carbocycles. The van der Waals surface area contributed by atoms with Crippen molar-refractivity contribution >= 4 is 5.97 Å². The summed E-state index contributed by atoms with van der Waals surface area (Å²) in [5.41, 5.74) is 5.49. The molecule has 1 rings (SSSR count). The van der Waals surface area contributed by atoms with Gasteiger partial charge in [-0.25, -0.2) is 0 Å². The highest BCUT2D eigenvalue weighted by molar-refractivity contribution is 5.76. The lowest BCUT2D eigenvalue weighted by atomic mass is 10.1. The van der Waals surface area contributed by atoms with Gasteiger partial charge in [0.05, 0.1) is 6.10 Å². The van der Waals surface area contributed by atoms with Crippen LogP contribution in [0.1, 0.15) is 45.4 Å². The SMILES string of the molecule is CC(O)C(N)C(=O)OC1CCCCCC1. The molecular weight excluding hydrogens is 194 g/mol. The van der Waals surface area contributed by atoms with Gasteiger partial charge in [-0.05, 0) is 32.6 Å². The Morgan fingerprint density at radius 3 is 2.33 bits per heavy atom. The van der Waals surface area contributed by atoms with Gasteiger partial charge >= 0.3 is 5.97 Å². The van der Waals surface area contributed by atoms with Gasteiger partial charge in [0.15, 0.2) is 0 Å². The topological polar surface area (TPSA) is 72.5 Å². The zero-order valence-electron chi connectivity index (χ0n) is 9.32. The maximum Gasteiger partial charge on any atom is 0.325 e. The molecule has 88 valence electrons. The van der Waals surface area contributed by atoms with E-state index < -0.39 is 18.1 Å². The van der Waals surface area contributed by atoms with Crippen molar-refractivity contribution in [2.45, 2.75) is 63.7 Å². The van der Waals surface area contributed by atoms with E-state index in [2.05, 4.69) is 0 Å². The number of aliphatic hydroxyl groups is 1. The number of hydrogen-bond donors (Lipinski definition) is 2. The van der Waals surface area contributed by atoms with Crippen LogP contribution in [0.3, 0.4) is 0 Å². The number of carbonyl (C=O) groups excluding carboxylic acids is 1. The number of esters is 1. The summed E-state index contributed by atoms with van der Waals surface area (Å²) in [5.74, 6) is -0.475. The summed E-state index contributed by atoms with van der Waals surface area (Å²) < 4.78 is 5.27. The first kappa shape index (κ1) is 12.5. The number of carbonyl (C=O) groups is 1. The summed E-state index contributed by atoms with van der Waals surface area (Å²) in [6, 6.07) is -0.909. The molecule has 0 saturated heterocycles. The molecule has 4 nitrogen and oxygen atoms in total. The minimum Gasteiger partial charge on any atom is -0.461 e. The minimum absolute atomic E-state index is 0.00444. The normalized spacial score (nSPS) is 22.9. The van der Waals surface area contributed by atoms with Gasteiger partial charge in [-0.2, -0.15) is 0 Å². The zero-order valence-corrected chi connectivity index (χ0v) is 9.32. The van der Waals surface area contributed by atoms with E-state index in [1.807, 2.05) is 0 Å². The Labute approximate surface area is 90.8 Å². The van der Waals surface area contributed by atoms with Gasteiger partial charge < -0.3 is 15.6 Å². The molecule has 2 unspecified atom stereocenters. The van der Waals surface area contributed by atoms with E-state index in [9.17, 15) is 4.79 Å². The van der Waals surface area contributed by atoms with E-state index in [0.29, 0.717) is 0 Å². The summed E-state index contributed by atoms with van der Waals surface area (Å²) in [5, 5.41) is 9.15. The van der Waals surface area contributed by atoms with Gasteiger partial charge in [0.25, 0.3) is 0 Å². The third kappa shape index (κ3) is 4.18. The van der Waals surface area contributed by atoms with Gasteiger partial charge in [0, 0.05) is 0 Å². The molecular formula is C11H21NO3. The Bertz CT molecular complexity index is 198. The molecule has 2 atom stereocenters. The fourth-order valence-electron chi connectivity index (χ4n) is 1.80. The van der Waals surface area contributed by atoms with E-state index in [-0.39, 0.29) is 6.10 Å². The van der Waals surface area contributed by atoms with E-state index in [1.54, 1.807) is 0 Å². The van der Waals surface area contributed by atoms with E-state index >= 15 is 0 Å². The Morgan fingerprint density at radius 1 is 1.33 bits per heavy atom. The van der Waals surface area contributed by atoms with Crippen molar-refractivity contribution in [1.82, 2.24) is 0 Å². The van der Waals surface area contributed by atoms with Crippen LogP contribution in [-0.2, 0) is 9.53 Å². The van der Waals surface area contributed by atoms with Gasteiger partial charge in [0.1, 0.15) is 12.1 Å². The minimum atomic E-state index is -0.909. The number of hydrogen-bond acceptors (Lipinski definition) is 4. The highest BCUT2D eigenvalue weighted by Gasteiger charge is 2.24. The summed E-state index contributed by atoms with van der Waals surface area (Å²) in [6.45, 7) is 1.50. The lowest BCUT2D eigenvalue weighted by molar-refractivity contribution is -0.153. The summed E-state index contributed by atoms with van der Waals surface area (Å²) >= 11 is 0. The fourth-order valence-corrected chi connectivity index (χ4v) is 1.80. The molecule has 0 aromatic rings. The molecule has 0 radical (unpaired) electrons. The van der Waals surface area contributed by atoms with Crippen molar-refractivity contribution in [3.8, 4) is 0 Å². The van der Waals surface area contributed by atoms with Crippen LogP contribution in [0.25, 0.3) is 0 Å². The molecule has 0 heterocycles. The maximum atomic E-state index is 11.5. The van der Waals surface area contributed by atoms with Gasteiger partial charge in [-0.15, -0.1) is 0 Å². The van der Waals surface area contributed by atoms with Crippen LogP contribution in [0.15, 0.2) is 0 Å². The molecule has 0 spiro atoms. The molecule has 3 N–H and O–H groups in total. The molecule has 0 aromatic carbocycles. The Hall–Kier alpha value is -0.610. The second-order valence-corrected chi connectivity index (χ2v) is 4.32. The van der Waals surface area contributed by atoms with Crippen LogP contribution >= 0.6 is 0 Å². The van der Waals surface area contributed by atoms with Gasteiger partial charge in [-0.1, -0.05) is 12.8 Å². The Kier molecular flexibility index (Phi) is 5.05. The van der Waals surface area contributed by atoms with Crippen molar-refractivity contribution in [2.24, 2.45) is 5.73 Å². The van der Waals surface area contributed by atoms with Crippen molar-refractivity contribution < 1.29 is 14.6 Å². The lowest BCUT2D eigenvalue weighted by Crippen LogP contribution is -2.42. The van der Waals surface area contributed by atoms with E-state index in [4.69, 9.17) is 15.6 Å². The van der Waals surface area contributed by atoms with Crippen LogP contribution in [-0.4, -0.2) is 29.3 Å². The first-order valence-corrected chi connectivity index (χ1v) is 5.75. The Morgan fingerprint density at radius 2 is 1.87 bits per heavy atom. The van der Waals surface area contributed by atoms with Crippen LogP contribution in [0.4, 0.5) is 0 Å². The molecule has 0 bridgehead atoms. The number of aliphatic hydroxyl groups excluding tert-OH is 1. The third-order valence-corrected chi connectivity index (χ3v) is 2.88. The fraction of sp³-hybridized carbons (Fsp3) is 0.909. The van der Waals surface area contributed by atoms with Crippen molar-refractivity contribution in [3.63, 3.8) is 0 Å². The quantitative estimate of drug-likeness (QED) is 0.543. The van der Waals surface area contributed by atoms with Crippen LogP contribution in [0, 0.1) is 0 Å². The maximum absolute atomic E-state index is 11.5. The van der Waals surface area contributed by atoms with Crippen LogP contribution in [0.5, 0.6) is 0 Å². The van der Waals surface area contributed by atoms with Crippen molar-refractivity contribution in [3.05, 3.63) is 0 Å². The summed E-state index contributed by atoms with van der Waals surface area (Å²) in [6.07, 6.45) is 5.68. The highest BCUT2D eigenvalue weighted by atomic mass is 16.5. The number of nitrogens with two attached hydrogens (primary N) is 1. The standard InChI is InChI=1S/C11H21NO3/c1-8(13)10(12)11(14)15-9-6-4-2-3-5-7-9/h8-10,13H,2-7,12H2,1H3. The molecule has 0 aliphatic heterocycles. The third-order valence-electron chi connectivity index (χ3n) is 2.88. The van der Waals surface area contributed by atoms with E-state index in [1.165, 1.54) is 19.8 Å². The second-order valence-electron chi connectivity index (χ2n) is 4.32. The lowest BCUT2D eigenvalue weighted by Gasteiger charge is -2.19. The summed E-state index contributed by atoms with van der Waals surface area (Å²) in [4.78, 5) is 11.5. The highest BCUT2D eigenvalue weighted by Crippen LogP contribution is 2.20. The van der Waals surface area contributed by atoms with Crippen LogP contribution < -0.4 is 5.73 Å². The first-order chi connectivity index (χ1) is 7.11. The molecule has 0 aromatic heterocycles. The molecule has 1 aliphatic rings. The first-order valence-electron chi connectivity index (χ1n) is 5.75. The largest absolute Gasteiger partial charge is 0.461 e. The average Bonchev–Trinajstić information content (AvgIpc) is 2.45. The predicted molar refractivity (Wildman–Crippen MR) is 57.2 cm³/mol. The van der Waals surface area contributed by atoms with Gasteiger partial charge in [0.2, 0.25) is 0 Å². The molecule has 4 heteroatoms. The second kappa shape index (κ2) is 6.08. The number of ether oxygens (including phenoxy) is 1. The molecule has 1 fully saturated rings. The predicted octanol–water partition coefficient (Wildman–Crippen LogP) is 0.960. The molecule has 15 heavy (non-hydrogen) atoms. The molecule has 1 aliphatic carbocycles. The van der Waals surface area contributed by atoms with Crippen molar-refractivity contribution in [2.75, 3.05) is 0 Å². The molecule has 0 amide bonds. The average molecular weight is 215 g/mol. The zero-order chi connectivity index (χ0) is 11.3. The monoisotopic (exact) mass is 215 g/mol. The smallest absolute Gasteiger partial charge is 0.325 e.